The van der Waals surface area contributed by atoms with Crippen LogP contribution in [0.15, 0.2) is 0 Å². The topological polar surface area (TPSA) is 52.0 Å². The smallest absolute Gasteiger partial charge is 0.252 e. The van der Waals surface area contributed by atoms with E-state index in [1.165, 1.54) is 6.92 Å². The first-order valence-electron chi connectivity index (χ1n) is 5.21. The van der Waals surface area contributed by atoms with E-state index >= 15 is 0 Å². The number of halogens is 5. The van der Waals surface area contributed by atoms with Crippen LogP contribution in [0.5, 0.6) is 0 Å². The summed E-state index contributed by atoms with van der Waals surface area (Å²) in [7, 11) is -3.31. The molecule has 10 heteroatoms. The molecule has 19 heavy (non-hydrogen) atoms. The number of sulfone groups is 1. The molecule has 1 aromatic rings. The Hall–Kier alpha value is -0.470. The number of alkyl halides is 4. The molecule has 0 aliphatic rings. The van der Waals surface area contributed by atoms with Gasteiger partial charge >= 0.3 is 6.18 Å². The average molecular weight is 339 g/mol. The molecule has 0 bridgehead atoms. The highest BCUT2D eigenvalue weighted by Crippen LogP contribution is 2.35. The molecule has 1 rings (SSSR count). The van der Waals surface area contributed by atoms with Crippen molar-refractivity contribution in [1.82, 2.24) is 9.78 Å². The van der Waals surface area contributed by atoms with Crippen LogP contribution < -0.4 is 0 Å². The van der Waals surface area contributed by atoms with E-state index in [-0.39, 0.29) is 28.8 Å². The Kier molecular flexibility index (Phi) is 5.14. The van der Waals surface area contributed by atoms with Gasteiger partial charge < -0.3 is 0 Å². The second kappa shape index (κ2) is 5.88. The van der Waals surface area contributed by atoms with Crippen molar-refractivity contribution in [3.63, 3.8) is 0 Å². The predicted molar refractivity (Wildman–Crippen MR) is 66.1 cm³/mol. The lowest BCUT2D eigenvalue weighted by Crippen LogP contribution is -2.16. The molecule has 0 atom stereocenters. The molecular formula is C9H11Cl2F3N2O2S. The van der Waals surface area contributed by atoms with Gasteiger partial charge in [-0.25, -0.2) is 8.42 Å². The molecule has 0 aliphatic heterocycles. The fourth-order valence-corrected chi connectivity index (χ4v) is 2.68. The van der Waals surface area contributed by atoms with Gasteiger partial charge in [0.1, 0.15) is 5.15 Å². The molecule has 1 aromatic heterocycles. The largest absolute Gasteiger partial charge is 0.435 e. The van der Waals surface area contributed by atoms with Crippen molar-refractivity contribution in [2.24, 2.45) is 0 Å². The quantitative estimate of drug-likeness (QED) is 0.775. The molecule has 0 N–H and O–H groups in total. The minimum Gasteiger partial charge on any atom is -0.252 e. The number of hydrogen-bond donors (Lipinski definition) is 0. The van der Waals surface area contributed by atoms with Crippen molar-refractivity contribution in [3.05, 3.63) is 16.4 Å². The first-order chi connectivity index (χ1) is 8.62. The molecule has 0 fully saturated rings. The Bertz CT molecular complexity index is 555. The fraction of sp³-hybridized carbons (Fsp3) is 0.667. The van der Waals surface area contributed by atoms with Gasteiger partial charge in [-0.3, -0.25) is 4.68 Å². The predicted octanol–water partition coefficient (Wildman–Crippen LogP) is 2.73. The van der Waals surface area contributed by atoms with Crippen LogP contribution >= 0.6 is 23.2 Å². The highest BCUT2D eigenvalue weighted by Gasteiger charge is 2.38. The molecule has 0 radical (unpaired) electrons. The molecule has 4 nitrogen and oxygen atoms in total. The molecule has 0 unspecified atom stereocenters. The molecule has 0 aliphatic carbocycles. The molecule has 0 amide bonds. The Morgan fingerprint density at radius 1 is 1.37 bits per heavy atom. The highest BCUT2D eigenvalue weighted by molar-refractivity contribution is 7.91. The van der Waals surface area contributed by atoms with Crippen molar-refractivity contribution in [1.29, 1.82) is 0 Å². The fourth-order valence-electron chi connectivity index (χ4n) is 1.34. The van der Waals surface area contributed by atoms with Crippen molar-refractivity contribution in [2.45, 2.75) is 25.5 Å². The molecule has 0 saturated carbocycles. The average Bonchev–Trinajstić information content (AvgIpc) is 2.63. The maximum Gasteiger partial charge on any atom is 0.435 e. The van der Waals surface area contributed by atoms with Gasteiger partial charge in [0.15, 0.2) is 15.5 Å². The minimum atomic E-state index is -4.68. The monoisotopic (exact) mass is 338 g/mol. The second-order valence-electron chi connectivity index (χ2n) is 3.71. The number of aromatic nitrogens is 2. The van der Waals surface area contributed by atoms with Crippen LogP contribution in [-0.4, -0.2) is 29.7 Å². The Morgan fingerprint density at radius 2 is 1.95 bits per heavy atom. The van der Waals surface area contributed by atoms with E-state index in [1.54, 1.807) is 0 Å². The molecule has 0 saturated heterocycles. The van der Waals surface area contributed by atoms with Gasteiger partial charge in [-0.1, -0.05) is 18.5 Å². The maximum atomic E-state index is 12.7. The minimum absolute atomic E-state index is 0.0968. The Morgan fingerprint density at radius 3 is 2.32 bits per heavy atom. The third-order valence-corrected chi connectivity index (χ3v) is 4.81. The normalized spacial score (nSPS) is 12.9. The van der Waals surface area contributed by atoms with Crippen LogP contribution in [0.1, 0.15) is 18.2 Å². The lowest BCUT2D eigenvalue weighted by molar-refractivity contribution is -0.142. The second-order valence-corrected chi connectivity index (χ2v) is 6.81. The summed E-state index contributed by atoms with van der Waals surface area (Å²) < 4.78 is 61.4. The van der Waals surface area contributed by atoms with E-state index in [0.29, 0.717) is 0 Å². The molecule has 0 spiro atoms. The van der Waals surface area contributed by atoms with Crippen LogP contribution in [0.2, 0.25) is 5.15 Å². The van der Waals surface area contributed by atoms with Gasteiger partial charge in [0.2, 0.25) is 0 Å². The standard InChI is InChI=1S/C9H11Cl2F3N2O2S/c1-2-19(17,18)4-3-16-8(11)6(5-10)7(15-16)9(12,13)14/h2-5H2,1H3. The Balaban J connectivity index is 3.08. The van der Waals surface area contributed by atoms with E-state index in [9.17, 15) is 21.6 Å². The molecule has 110 valence electrons. The highest BCUT2D eigenvalue weighted by atomic mass is 35.5. The summed E-state index contributed by atoms with van der Waals surface area (Å²) in [6.07, 6.45) is -4.68. The summed E-state index contributed by atoms with van der Waals surface area (Å²) in [6, 6.07) is 0. The number of hydrogen-bond acceptors (Lipinski definition) is 3. The SMILES string of the molecule is CCS(=O)(=O)CCn1nc(C(F)(F)F)c(CCl)c1Cl. The number of aryl methyl sites for hydroxylation is 1. The van der Waals surface area contributed by atoms with Crippen LogP contribution in [0.4, 0.5) is 13.2 Å². The van der Waals surface area contributed by atoms with Crippen LogP contribution in [0, 0.1) is 0 Å². The van der Waals surface area contributed by atoms with Crippen molar-refractivity contribution in [2.75, 3.05) is 11.5 Å². The van der Waals surface area contributed by atoms with Crippen molar-refractivity contribution in [3.8, 4) is 0 Å². The summed E-state index contributed by atoms with van der Waals surface area (Å²) in [4.78, 5) is 0. The Labute approximate surface area is 118 Å². The van der Waals surface area contributed by atoms with Crippen molar-refractivity contribution >= 4 is 33.0 Å². The van der Waals surface area contributed by atoms with Crippen LogP contribution in [-0.2, 0) is 28.4 Å². The van der Waals surface area contributed by atoms with Gasteiger partial charge in [-0.15, -0.1) is 11.6 Å². The summed E-state index contributed by atoms with van der Waals surface area (Å²) in [5, 5.41) is 3.02. The van der Waals surface area contributed by atoms with Gasteiger partial charge in [0.05, 0.1) is 18.2 Å². The first kappa shape index (κ1) is 16.6. The number of nitrogens with zero attached hydrogens (tertiary/aromatic N) is 2. The molecule has 0 aromatic carbocycles. The van der Waals surface area contributed by atoms with Crippen LogP contribution in [0.25, 0.3) is 0 Å². The van der Waals surface area contributed by atoms with Crippen molar-refractivity contribution < 1.29 is 21.6 Å². The first-order valence-corrected chi connectivity index (χ1v) is 7.94. The summed E-state index contributed by atoms with van der Waals surface area (Å²) in [5.41, 5.74) is -1.52. The molecule has 1 heterocycles. The van der Waals surface area contributed by atoms with Crippen LogP contribution in [0.3, 0.4) is 0 Å². The third kappa shape index (κ3) is 4.00. The maximum absolute atomic E-state index is 12.7. The zero-order valence-electron chi connectivity index (χ0n) is 9.84. The van der Waals surface area contributed by atoms with E-state index < -0.39 is 27.6 Å². The van der Waals surface area contributed by atoms with Gasteiger partial charge in [0.25, 0.3) is 0 Å². The lowest BCUT2D eigenvalue weighted by atomic mass is 10.3. The molecular weight excluding hydrogens is 328 g/mol. The third-order valence-electron chi connectivity index (χ3n) is 2.44. The summed E-state index contributed by atoms with van der Waals surface area (Å²) >= 11 is 11.1. The van der Waals surface area contributed by atoms with Gasteiger partial charge in [-0.05, 0) is 0 Å². The lowest BCUT2D eigenvalue weighted by Gasteiger charge is -2.03. The zero-order valence-corrected chi connectivity index (χ0v) is 12.2. The van der Waals surface area contributed by atoms with Gasteiger partial charge in [0, 0.05) is 11.3 Å². The van der Waals surface area contributed by atoms with E-state index in [2.05, 4.69) is 5.10 Å². The van der Waals surface area contributed by atoms with E-state index in [4.69, 9.17) is 23.2 Å². The van der Waals surface area contributed by atoms with E-state index in [1.807, 2.05) is 0 Å². The number of rotatable bonds is 5. The summed E-state index contributed by atoms with van der Waals surface area (Å²) in [6.45, 7) is 1.21. The van der Waals surface area contributed by atoms with Gasteiger partial charge in [-0.2, -0.15) is 18.3 Å². The van der Waals surface area contributed by atoms with E-state index in [0.717, 1.165) is 4.68 Å². The summed E-state index contributed by atoms with van der Waals surface area (Å²) in [5.74, 6) is -0.876. The zero-order chi connectivity index (χ0) is 14.8.